The number of benzene rings is 8. The third-order valence-corrected chi connectivity index (χ3v) is 11.2. The number of fused-ring (bicyclic) bond motifs is 10. The highest BCUT2D eigenvalue weighted by atomic mass is 16.5. The maximum Gasteiger partial charge on any atom is 0.160 e. The van der Waals surface area contributed by atoms with Crippen molar-refractivity contribution in [2.75, 3.05) is 0 Å². The first kappa shape index (κ1) is 30.5. The van der Waals surface area contributed by atoms with Crippen LogP contribution in [0, 0.1) is 0 Å². The Balaban J connectivity index is 1.09. The van der Waals surface area contributed by atoms with Crippen LogP contribution in [0.5, 0.6) is 11.5 Å². The van der Waals surface area contributed by atoms with Crippen LogP contribution < -0.4 is 4.74 Å². The average molecular weight is 689 g/mol. The van der Waals surface area contributed by atoms with Crippen molar-refractivity contribution in [3.05, 3.63) is 216 Å². The van der Waals surface area contributed by atoms with Crippen LogP contribution >= 0.6 is 0 Å². The summed E-state index contributed by atoms with van der Waals surface area (Å²) in [6.45, 7) is 0. The fourth-order valence-corrected chi connectivity index (χ4v) is 8.68. The summed E-state index contributed by atoms with van der Waals surface area (Å²) in [6, 6.07) is 69.0. The molecular formula is C51H32N2O. The number of aromatic nitrogens is 2. The number of para-hydroxylation sites is 2. The molecule has 2 aliphatic rings. The number of nitrogens with zero attached hydrogens (tertiary/aromatic N) is 2. The van der Waals surface area contributed by atoms with E-state index in [0.29, 0.717) is 5.82 Å². The molecule has 0 saturated heterocycles. The molecule has 0 saturated carbocycles. The van der Waals surface area contributed by atoms with Gasteiger partial charge in [0.1, 0.15) is 11.5 Å². The van der Waals surface area contributed by atoms with Gasteiger partial charge in [-0.25, -0.2) is 9.97 Å². The maximum atomic E-state index is 6.57. The first-order chi connectivity index (χ1) is 26.7. The second-order valence-electron chi connectivity index (χ2n) is 14.1. The molecule has 8 aromatic carbocycles. The van der Waals surface area contributed by atoms with Gasteiger partial charge >= 0.3 is 0 Å². The minimum atomic E-state index is -0.551. The van der Waals surface area contributed by atoms with Crippen LogP contribution in [-0.4, -0.2) is 9.97 Å². The number of hydrogen-bond acceptors (Lipinski definition) is 3. The Kier molecular flexibility index (Phi) is 6.77. The highest BCUT2D eigenvalue weighted by Gasteiger charge is 2.51. The smallest absolute Gasteiger partial charge is 0.160 e. The van der Waals surface area contributed by atoms with Crippen LogP contribution in [-0.2, 0) is 5.41 Å². The summed E-state index contributed by atoms with van der Waals surface area (Å²) >= 11 is 0. The highest BCUT2D eigenvalue weighted by Crippen LogP contribution is 2.62. The number of ether oxygens (including phenoxy) is 1. The van der Waals surface area contributed by atoms with Gasteiger partial charge < -0.3 is 4.74 Å². The van der Waals surface area contributed by atoms with E-state index < -0.39 is 5.41 Å². The van der Waals surface area contributed by atoms with Crippen molar-refractivity contribution in [1.29, 1.82) is 0 Å². The minimum Gasteiger partial charge on any atom is -0.457 e. The van der Waals surface area contributed by atoms with Gasteiger partial charge in [-0.2, -0.15) is 0 Å². The van der Waals surface area contributed by atoms with Crippen LogP contribution in [0.2, 0.25) is 0 Å². The molecule has 0 N–H and O–H groups in total. The number of hydrogen-bond donors (Lipinski definition) is 0. The molecule has 11 rings (SSSR count). The summed E-state index contributed by atoms with van der Waals surface area (Å²) in [5, 5.41) is 2.48. The average Bonchev–Trinajstić information content (AvgIpc) is 3.53. The zero-order valence-corrected chi connectivity index (χ0v) is 29.3. The van der Waals surface area contributed by atoms with Gasteiger partial charge in [-0.1, -0.05) is 164 Å². The van der Waals surface area contributed by atoms with Crippen LogP contribution in [0.15, 0.2) is 194 Å². The van der Waals surface area contributed by atoms with Gasteiger partial charge in [0.2, 0.25) is 0 Å². The molecule has 0 fully saturated rings. The van der Waals surface area contributed by atoms with Crippen LogP contribution in [0.25, 0.3) is 66.9 Å². The Morgan fingerprint density at radius 3 is 1.65 bits per heavy atom. The SMILES string of the molecule is c1ccc(-c2nc(-c3ccc(-c4ccc5ccccc5c4)cc3)cc(-c3ccc4c(c3)C3(c5ccccc5Oc5ccccc53)c3ccccc3-4)n2)cc1. The predicted molar refractivity (Wildman–Crippen MR) is 219 cm³/mol. The lowest BCUT2D eigenvalue weighted by molar-refractivity contribution is 0.436. The van der Waals surface area contributed by atoms with Crippen molar-refractivity contribution in [1.82, 2.24) is 9.97 Å². The van der Waals surface area contributed by atoms with E-state index in [1.165, 1.54) is 44.2 Å². The second kappa shape index (κ2) is 12.0. The largest absolute Gasteiger partial charge is 0.457 e. The maximum absolute atomic E-state index is 6.57. The van der Waals surface area contributed by atoms with Gasteiger partial charge in [0, 0.05) is 27.8 Å². The van der Waals surface area contributed by atoms with E-state index in [1.54, 1.807) is 0 Å². The molecule has 0 unspecified atom stereocenters. The van der Waals surface area contributed by atoms with Gasteiger partial charge in [0.05, 0.1) is 16.8 Å². The Bertz CT molecular complexity index is 2870. The first-order valence-corrected chi connectivity index (χ1v) is 18.4. The van der Waals surface area contributed by atoms with Gasteiger partial charge in [0.15, 0.2) is 5.82 Å². The minimum absolute atomic E-state index is 0.551. The summed E-state index contributed by atoms with van der Waals surface area (Å²) in [6.07, 6.45) is 0. The lowest BCUT2D eigenvalue weighted by Crippen LogP contribution is -2.32. The van der Waals surface area contributed by atoms with Crippen LogP contribution in [0.3, 0.4) is 0 Å². The summed E-state index contributed by atoms with van der Waals surface area (Å²) in [5.74, 6) is 2.46. The Hall–Kier alpha value is -7.10. The molecule has 3 nitrogen and oxygen atoms in total. The molecule has 0 atom stereocenters. The fraction of sp³-hybridized carbons (Fsp3) is 0.0196. The van der Waals surface area contributed by atoms with Gasteiger partial charge in [0.25, 0.3) is 0 Å². The molecular weight excluding hydrogens is 657 g/mol. The molecule has 0 amide bonds. The van der Waals surface area contributed by atoms with Crippen molar-refractivity contribution in [3.63, 3.8) is 0 Å². The van der Waals surface area contributed by atoms with E-state index >= 15 is 0 Å². The van der Waals surface area contributed by atoms with E-state index in [0.717, 1.165) is 50.7 Å². The Morgan fingerprint density at radius 2 is 0.889 bits per heavy atom. The van der Waals surface area contributed by atoms with Crippen LogP contribution in [0.4, 0.5) is 0 Å². The quantitative estimate of drug-likeness (QED) is 0.185. The molecule has 1 aliphatic heterocycles. The van der Waals surface area contributed by atoms with Crippen molar-refractivity contribution in [2.45, 2.75) is 5.41 Å². The normalized spacial score (nSPS) is 13.1. The summed E-state index contributed by atoms with van der Waals surface area (Å²) in [4.78, 5) is 10.4. The van der Waals surface area contributed by atoms with Crippen molar-refractivity contribution in [2.24, 2.45) is 0 Å². The number of rotatable bonds is 4. The van der Waals surface area contributed by atoms with Gasteiger partial charge in [-0.05, 0) is 74.5 Å². The Labute approximate surface area is 313 Å². The first-order valence-electron chi connectivity index (χ1n) is 18.4. The van der Waals surface area contributed by atoms with E-state index in [2.05, 4.69) is 176 Å². The molecule has 54 heavy (non-hydrogen) atoms. The van der Waals surface area contributed by atoms with E-state index in [9.17, 15) is 0 Å². The fourth-order valence-electron chi connectivity index (χ4n) is 8.68. The van der Waals surface area contributed by atoms with Gasteiger partial charge in [-0.15, -0.1) is 0 Å². The van der Waals surface area contributed by atoms with E-state index in [-0.39, 0.29) is 0 Å². The Morgan fingerprint density at radius 1 is 0.333 bits per heavy atom. The lowest BCUT2D eigenvalue weighted by atomic mass is 9.66. The van der Waals surface area contributed by atoms with Crippen molar-refractivity contribution >= 4 is 10.8 Å². The summed E-state index contributed by atoms with van der Waals surface area (Å²) in [5.41, 5.74) is 13.9. The lowest BCUT2D eigenvalue weighted by Gasteiger charge is -2.39. The highest BCUT2D eigenvalue weighted by molar-refractivity contribution is 5.91. The molecule has 2 heterocycles. The standard InChI is InChI=1S/C51H32N2O/c1-2-13-36(14-3-1)50-52-46(35-25-22-34(23-26-35)38-27-24-33-12-4-5-15-37(33)30-38)32-47(53-50)39-28-29-41-40-16-6-7-17-42(40)51(45(41)31-39)43-18-8-10-20-48(43)54-49-21-11-9-19-44(49)51/h1-32H. The van der Waals surface area contributed by atoms with Gasteiger partial charge in [-0.3, -0.25) is 0 Å². The third-order valence-electron chi connectivity index (χ3n) is 11.2. The molecule has 1 aromatic heterocycles. The summed E-state index contributed by atoms with van der Waals surface area (Å²) < 4.78 is 6.57. The molecule has 1 spiro atoms. The second-order valence-corrected chi connectivity index (χ2v) is 14.1. The third kappa shape index (κ3) is 4.62. The van der Waals surface area contributed by atoms with Crippen LogP contribution in [0.1, 0.15) is 22.3 Å². The molecule has 0 radical (unpaired) electrons. The van der Waals surface area contributed by atoms with E-state index in [1.807, 2.05) is 18.2 Å². The topological polar surface area (TPSA) is 35.0 Å². The molecule has 3 heteroatoms. The molecule has 0 bridgehead atoms. The molecule has 1 aliphatic carbocycles. The zero-order valence-electron chi connectivity index (χ0n) is 29.3. The molecule has 252 valence electrons. The predicted octanol–water partition coefficient (Wildman–Crippen LogP) is 12.8. The van der Waals surface area contributed by atoms with Crippen molar-refractivity contribution < 1.29 is 4.74 Å². The van der Waals surface area contributed by atoms with E-state index in [4.69, 9.17) is 14.7 Å². The zero-order chi connectivity index (χ0) is 35.6. The summed E-state index contributed by atoms with van der Waals surface area (Å²) in [7, 11) is 0. The van der Waals surface area contributed by atoms with Crippen molar-refractivity contribution in [3.8, 4) is 67.7 Å². The molecule has 9 aromatic rings. The monoisotopic (exact) mass is 688 g/mol.